The van der Waals surface area contributed by atoms with Crippen molar-refractivity contribution in [1.29, 1.82) is 0 Å². The van der Waals surface area contributed by atoms with E-state index in [-0.39, 0.29) is 12.0 Å². The van der Waals surface area contributed by atoms with Crippen molar-refractivity contribution in [3.05, 3.63) is 86.9 Å². The highest BCUT2D eigenvalue weighted by Crippen LogP contribution is 2.55. The van der Waals surface area contributed by atoms with Gasteiger partial charge in [-0.1, -0.05) is 71.2 Å². The Morgan fingerprint density at radius 2 is 1.77 bits per heavy atom. The summed E-state index contributed by atoms with van der Waals surface area (Å²) in [5.41, 5.74) is 5.77. The number of fused-ring (bicyclic) bond motifs is 6. The highest BCUT2D eigenvalue weighted by atomic mass is 35.5. The van der Waals surface area contributed by atoms with Crippen LogP contribution < -0.4 is 5.32 Å². The molecule has 5 heteroatoms. The third kappa shape index (κ3) is 2.78. The van der Waals surface area contributed by atoms with Gasteiger partial charge >= 0.3 is 0 Å². The Bertz CT molecular complexity index is 1380. The van der Waals surface area contributed by atoms with Crippen LogP contribution in [0.4, 0.5) is 5.69 Å². The summed E-state index contributed by atoms with van der Waals surface area (Å²) in [6, 6.07) is 17.4. The van der Waals surface area contributed by atoms with E-state index in [0.29, 0.717) is 21.0 Å². The van der Waals surface area contributed by atoms with Gasteiger partial charge in [-0.05, 0) is 49.1 Å². The van der Waals surface area contributed by atoms with E-state index in [0.717, 1.165) is 24.2 Å². The molecule has 31 heavy (non-hydrogen) atoms. The van der Waals surface area contributed by atoms with Crippen LogP contribution in [0.5, 0.6) is 0 Å². The predicted octanol–water partition coefficient (Wildman–Crippen LogP) is 8.60. The molecule has 1 aliphatic carbocycles. The third-order valence-corrected chi connectivity index (χ3v) is 8.05. The summed E-state index contributed by atoms with van der Waals surface area (Å²) >= 11 is 19.6. The Hall–Kier alpha value is -2.13. The molecule has 1 aliphatic heterocycles. The second-order valence-electron chi connectivity index (χ2n) is 8.46. The van der Waals surface area contributed by atoms with E-state index >= 15 is 0 Å². The average molecular weight is 468 g/mol. The molecular weight excluding hydrogens is 447 g/mol. The fraction of sp³-hybridized carbons (Fsp3) is 0.231. The van der Waals surface area contributed by atoms with Crippen molar-refractivity contribution in [3.63, 3.8) is 0 Å². The van der Waals surface area contributed by atoms with Crippen molar-refractivity contribution >= 4 is 62.3 Å². The number of benzene rings is 3. The Morgan fingerprint density at radius 1 is 0.968 bits per heavy atom. The molecule has 0 saturated carbocycles. The molecule has 0 fully saturated rings. The van der Waals surface area contributed by atoms with E-state index in [1.807, 2.05) is 0 Å². The molecule has 3 aromatic carbocycles. The fourth-order valence-corrected chi connectivity index (χ4v) is 6.40. The molecule has 3 unspecified atom stereocenters. The van der Waals surface area contributed by atoms with Gasteiger partial charge in [-0.3, -0.25) is 0 Å². The molecule has 0 saturated heterocycles. The Balaban J connectivity index is 1.54. The van der Waals surface area contributed by atoms with Crippen LogP contribution in [0.25, 0.3) is 21.8 Å². The number of aromatic nitrogens is 1. The summed E-state index contributed by atoms with van der Waals surface area (Å²) < 4.78 is 2.39. The maximum Gasteiger partial charge on any atom is 0.0656 e. The summed E-state index contributed by atoms with van der Waals surface area (Å²) in [6.07, 6.45) is 5.51. The first kappa shape index (κ1) is 19.5. The Kier molecular flexibility index (Phi) is 4.54. The number of halogens is 3. The first-order valence-corrected chi connectivity index (χ1v) is 11.8. The van der Waals surface area contributed by atoms with Gasteiger partial charge in [0.25, 0.3) is 0 Å². The number of allylic oxidation sites excluding steroid dienone is 2. The highest BCUT2D eigenvalue weighted by Gasteiger charge is 2.40. The number of rotatable bonds is 2. The average Bonchev–Trinajstić information content (AvgIpc) is 3.39. The lowest BCUT2D eigenvalue weighted by atomic mass is 9.77. The summed E-state index contributed by atoms with van der Waals surface area (Å²) in [5.74, 6) is 0.578. The number of hydrogen-bond acceptors (Lipinski definition) is 1. The first-order valence-electron chi connectivity index (χ1n) is 10.7. The molecular formula is C26H21Cl3N2. The van der Waals surface area contributed by atoms with Crippen molar-refractivity contribution in [3.8, 4) is 0 Å². The highest BCUT2D eigenvalue weighted by molar-refractivity contribution is 6.44. The van der Waals surface area contributed by atoms with Crippen LogP contribution >= 0.6 is 34.8 Å². The van der Waals surface area contributed by atoms with Crippen LogP contribution in [0.2, 0.25) is 15.1 Å². The van der Waals surface area contributed by atoms with Gasteiger partial charge in [-0.25, -0.2) is 0 Å². The van der Waals surface area contributed by atoms with Gasteiger partial charge in [0.2, 0.25) is 0 Å². The van der Waals surface area contributed by atoms with E-state index in [2.05, 4.69) is 71.4 Å². The van der Waals surface area contributed by atoms with Gasteiger partial charge in [0.15, 0.2) is 0 Å². The van der Waals surface area contributed by atoms with Gasteiger partial charge in [0.05, 0.1) is 26.8 Å². The molecule has 2 nitrogen and oxygen atoms in total. The predicted molar refractivity (Wildman–Crippen MR) is 133 cm³/mol. The van der Waals surface area contributed by atoms with Crippen molar-refractivity contribution in [2.75, 3.05) is 5.32 Å². The van der Waals surface area contributed by atoms with E-state index in [4.69, 9.17) is 34.8 Å². The molecule has 3 atom stereocenters. The summed E-state index contributed by atoms with van der Waals surface area (Å²) in [7, 11) is 0. The zero-order valence-corrected chi connectivity index (χ0v) is 19.3. The zero-order valence-electron chi connectivity index (χ0n) is 17.0. The molecule has 0 spiro atoms. The minimum Gasteiger partial charge on any atom is -0.376 e. The zero-order chi connectivity index (χ0) is 21.3. The van der Waals surface area contributed by atoms with E-state index in [1.165, 1.54) is 27.4 Å². The lowest BCUT2D eigenvalue weighted by Crippen LogP contribution is -2.29. The third-order valence-electron chi connectivity index (χ3n) is 6.95. The summed E-state index contributed by atoms with van der Waals surface area (Å²) in [4.78, 5) is 0. The number of aryl methyl sites for hydroxylation is 1. The molecule has 156 valence electrons. The Labute approximate surface area is 196 Å². The molecule has 6 rings (SSSR count). The minimum atomic E-state index is 0.149. The number of para-hydroxylation sites is 1. The summed E-state index contributed by atoms with van der Waals surface area (Å²) in [5, 5.41) is 8.07. The maximum absolute atomic E-state index is 6.64. The topological polar surface area (TPSA) is 17.0 Å². The molecule has 0 amide bonds. The smallest absolute Gasteiger partial charge is 0.0656 e. The Morgan fingerprint density at radius 3 is 2.61 bits per heavy atom. The molecule has 0 bridgehead atoms. The lowest BCUT2D eigenvalue weighted by Gasteiger charge is -2.38. The van der Waals surface area contributed by atoms with Crippen LogP contribution in [0.15, 0.2) is 60.7 Å². The monoisotopic (exact) mass is 466 g/mol. The largest absolute Gasteiger partial charge is 0.376 e. The van der Waals surface area contributed by atoms with Crippen LogP contribution in [0, 0.1) is 5.92 Å². The van der Waals surface area contributed by atoms with Crippen molar-refractivity contribution in [2.45, 2.75) is 31.8 Å². The van der Waals surface area contributed by atoms with E-state index < -0.39 is 0 Å². The van der Waals surface area contributed by atoms with Gasteiger partial charge < -0.3 is 9.88 Å². The number of anilines is 1. The van der Waals surface area contributed by atoms with Gasteiger partial charge in [0.1, 0.15) is 0 Å². The van der Waals surface area contributed by atoms with Crippen LogP contribution in [-0.4, -0.2) is 4.57 Å². The minimum absolute atomic E-state index is 0.149. The molecule has 2 aliphatic rings. The standard InChI is InChI=1S/C26H21Cl3N2/c1-2-31-21-9-4-3-6-15(21)18-12-14(10-11-22(18)31)25-17-8-5-7-16(17)23-24(29)19(27)13-20(28)26(23)30-25/h3-7,9-13,16-17,25,30H,2,8H2,1H3. The second-order valence-corrected chi connectivity index (χ2v) is 9.65. The summed E-state index contributed by atoms with van der Waals surface area (Å²) in [6.45, 7) is 3.15. The van der Waals surface area contributed by atoms with E-state index in [1.54, 1.807) is 6.07 Å². The van der Waals surface area contributed by atoms with Gasteiger partial charge in [0, 0.05) is 39.8 Å². The lowest BCUT2D eigenvalue weighted by molar-refractivity contribution is 0.426. The molecule has 0 radical (unpaired) electrons. The van der Waals surface area contributed by atoms with Crippen LogP contribution in [0.3, 0.4) is 0 Å². The van der Waals surface area contributed by atoms with Crippen LogP contribution in [-0.2, 0) is 6.54 Å². The number of nitrogens with zero attached hydrogens (tertiary/aromatic N) is 1. The van der Waals surface area contributed by atoms with Crippen LogP contribution in [0.1, 0.15) is 36.4 Å². The maximum atomic E-state index is 6.64. The normalized spacial score (nSPS) is 22.0. The fourth-order valence-electron chi connectivity index (χ4n) is 5.60. The quantitative estimate of drug-likeness (QED) is 0.231. The first-order chi connectivity index (χ1) is 15.1. The molecule has 2 heterocycles. The van der Waals surface area contributed by atoms with E-state index in [9.17, 15) is 0 Å². The SMILES string of the molecule is CCn1c2ccccc2c2cc(C3Nc4c(Cl)cc(Cl)c(Cl)c4C4C=CCC43)ccc21. The van der Waals surface area contributed by atoms with Gasteiger partial charge in [-0.15, -0.1) is 0 Å². The second kappa shape index (κ2) is 7.20. The molecule has 4 aromatic rings. The van der Waals surface area contributed by atoms with Gasteiger partial charge in [-0.2, -0.15) is 0 Å². The number of nitrogens with one attached hydrogen (secondary N) is 1. The van der Waals surface area contributed by atoms with Crippen molar-refractivity contribution in [2.24, 2.45) is 5.92 Å². The molecule has 1 N–H and O–H groups in total. The van der Waals surface area contributed by atoms with Crippen molar-refractivity contribution < 1.29 is 0 Å². The molecule has 1 aromatic heterocycles. The number of hydrogen-bond donors (Lipinski definition) is 1. The van der Waals surface area contributed by atoms with Crippen molar-refractivity contribution in [1.82, 2.24) is 4.57 Å².